The summed E-state index contributed by atoms with van der Waals surface area (Å²) in [5, 5.41) is 13.8. The number of nitrogen functional groups attached to an aromatic ring is 3. The number of rotatable bonds is 9. The Balaban J connectivity index is 1.71. The van der Waals surface area contributed by atoms with Gasteiger partial charge in [0.1, 0.15) is 24.8 Å². The molecule has 0 radical (unpaired) electrons. The van der Waals surface area contributed by atoms with Crippen molar-refractivity contribution in [3.63, 3.8) is 0 Å². The fourth-order valence-corrected chi connectivity index (χ4v) is 2.14. The molecule has 8 N–H and O–H groups in total. The molecule has 0 bridgehead atoms. The second-order valence-electron chi connectivity index (χ2n) is 5.37. The van der Waals surface area contributed by atoms with Gasteiger partial charge in [-0.15, -0.1) is 0 Å². The van der Waals surface area contributed by atoms with Gasteiger partial charge < -0.3 is 26.7 Å². The van der Waals surface area contributed by atoms with Gasteiger partial charge in [-0.1, -0.05) is 0 Å². The van der Waals surface area contributed by atoms with Crippen molar-refractivity contribution in [2.75, 3.05) is 48.7 Å². The lowest BCUT2D eigenvalue weighted by molar-refractivity contribution is 0.254. The fraction of sp³-hybridized carbons (Fsp3) is 0.294. The molecule has 0 unspecified atom stereocenters. The van der Waals surface area contributed by atoms with Gasteiger partial charge in [-0.2, -0.15) is 0 Å². The third kappa shape index (κ3) is 5.33. The normalized spacial score (nSPS) is 10.5. The zero-order chi connectivity index (χ0) is 18.2. The van der Waals surface area contributed by atoms with Crippen LogP contribution < -0.4 is 37.1 Å². The maximum absolute atomic E-state index is 9.64. The second-order valence-corrected chi connectivity index (χ2v) is 5.37. The summed E-state index contributed by atoms with van der Waals surface area (Å²) in [5.41, 5.74) is 19.6. The summed E-state index contributed by atoms with van der Waals surface area (Å²) < 4.78 is 11.1. The highest BCUT2D eigenvalue weighted by atomic mass is 16.5. The number of ether oxygens (including phenoxy) is 2. The lowest BCUT2D eigenvalue weighted by Crippen LogP contribution is -2.25. The van der Waals surface area contributed by atoms with Crippen LogP contribution in [-0.4, -0.2) is 31.6 Å². The molecule has 8 heteroatoms. The first kappa shape index (κ1) is 18.5. The summed E-state index contributed by atoms with van der Waals surface area (Å²) in [6.07, 6.45) is 0. The maximum Gasteiger partial charge on any atom is 0.144 e. The standard InChI is InChI=1S/C17H25N5O3/c1-2-22(23)13-4-6-17(15(20)10-13)25-11-21-7-8-24-16-5-3-12(18)9-14(16)19/h3-6,9-10,21,23H,2,7-8,11,18-20H2,1H3. The van der Waals surface area contributed by atoms with Crippen LogP contribution in [0.25, 0.3) is 0 Å². The maximum atomic E-state index is 9.64. The van der Waals surface area contributed by atoms with Crippen LogP contribution in [-0.2, 0) is 0 Å². The number of hydroxylamine groups is 1. The average molecular weight is 347 g/mol. The molecule has 0 fully saturated rings. The Labute approximate surface area is 147 Å². The van der Waals surface area contributed by atoms with Crippen molar-refractivity contribution < 1.29 is 14.7 Å². The minimum absolute atomic E-state index is 0.279. The number of hydrogen-bond acceptors (Lipinski definition) is 8. The Kier molecular flexibility index (Phi) is 6.55. The number of nitrogens with zero attached hydrogens (tertiary/aromatic N) is 1. The van der Waals surface area contributed by atoms with Crippen molar-refractivity contribution in [3.05, 3.63) is 36.4 Å². The predicted molar refractivity (Wildman–Crippen MR) is 99.9 cm³/mol. The summed E-state index contributed by atoms with van der Waals surface area (Å²) in [6, 6.07) is 10.3. The molecule has 25 heavy (non-hydrogen) atoms. The average Bonchev–Trinajstić information content (AvgIpc) is 2.59. The Morgan fingerprint density at radius 2 is 1.68 bits per heavy atom. The van der Waals surface area contributed by atoms with E-state index in [2.05, 4.69) is 5.32 Å². The minimum Gasteiger partial charge on any atom is -0.490 e. The Hall–Kier alpha value is -2.84. The molecule has 0 saturated heterocycles. The molecule has 0 aromatic heterocycles. The molecule has 0 spiro atoms. The molecular weight excluding hydrogens is 322 g/mol. The second kappa shape index (κ2) is 8.86. The Morgan fingerprint density at radius 1 is 1.00 bits per heavy atom. The van der Waals surface area contributed by atoms with E-state index in [0.29, 0.717) is 53.9 Å². The van der Waals surface area contributed by atoms with E-state index in [9.17, 15) is 5.21 Å². The van der Waals surface area contributed by atoms with E-state index in [1.807, 2.05) is 6.92 Å². The van der Waals surface area contributed by atoms with Gasteiger partial charge in [-0.05, 0) is 43.3 Å². The van der Waals surface area contributed by atoms with Gasteiger partial charge in [0.15, 0.2) is 0 Å². The van der Waals surface area contributed by atoms with E-state index >= 15 is 0 Å². The molecular formula is C17H25N5O3. The number of nitrogens with one attached hydrogen (secondary N) is 1. The Bertz CT molecular complexity index is 696. The number of anilines is 4. The van der Waals surface area contributed by atoms with E-state index in [1.165, 1.54) is 0 Å². The van der Waals surface area contributed by atoms with Crippen molar-refractivity contribution in [2.24, 2.45) is 0 Å². The van der Waals surface area contributed by atoms with Crippen LogP contribution >= 0.6 is 0 Å². The summed E-state index contributed by atoms with van der Waals surface area (Å²) in [6.45, 7) is 3.59. The van der Waals surface area contributed by atoms with Gasteiger partial charge in [0.25, 0.3) is 0 Å². The monoisotopic (exact) mass is 347 g/mol. The highest BCUT2D eigenvalue weighted by Gasteiger charge is 2.06. The highest BCUT2D eigenvalue weighted by Crippen LogP contribution is 2.26. The lowest BCUT2D eigenvalue weighted by atomic mass is 10.2. The first-order chi connectivity index (χ1) is 12.0. The Morgan fingerprint density at radius 3 is 2.36 bits per heavy atom. The summed E-state index contributed by atoms with van der Waals surface area (Å²) >= 11 is 0. The van der Waals surface area contributed by atoms with E-state index in [-0.39, 0.29) is 6.73 Å². The van der Waals surface area contributed by atoms with Crippen molar-refractivity contribution in [2.45, 2.75) is 6.92 Å². The number of hydrogen-bond donors (Lipinski definition) is 5. The third-order valence-corrected chi connectivity index (χ3v) is 3.49. The zero-order valence-electron chi connectivity index (χ0n) is 14.2. The molecule has 2 aromatic carbocycles. The predicted octanol–water partition coefficient (Wildman–Crippen LogP) is 1.65. The highest BCUT2D eigenvalue weighted by molar-refractivity contribution is 5.62. The molecule has 136 valence electrons. The molecule has 0 aliphatic rings. The molecule has 0 amide bonds. The minimum atomic E-state index is 0.279. The number of nitrogens with two attached hydrogens (primary N) is 3. The lowest BCUT2D eigenvalue weighted by Gasteiger charge is -2.16. The van der Waals surface area contributed by atoms with Crippen LogP contribution in [0.4, 0.5) is 22.7 Å². The summed E-state index contributed by atoms with van der Waals surface area (Å²) in [5.74, 6) is 1.14. The van der Waals surface area contributed by atoms with Crippen LogP contribution in [0.2, 0.25) is 0 Å². The number of benzene rings is 2. The van der Waals surface area contributed by atoms with Crippen molar-refractivity contribution >= 4 is 22.7 Å². The van der Waals surface area contributed by atoms with E-state index in [0.717, 1.165) is 5.06 Å². The third-order valence-electron chi connectivity index (χ3n) is 3.49. The SMILES string of the molecule is CCN(O)c1ccc(OCNCCOc2ccc(N)cc2N)c(N)c1. The van der Waals surface area contributed by atoms with E-state index < -0.39 is 0 Å². The van der Waals surface area contributed by atoms with E-state index in [4.69, 9.17) is 26.7 Å². The quantitative estimate of drug-likeness (QED) is 0.200. The van der Waals surface area contributed by atoms with E-state index in [1.54, 1.807) is 36.4 Å². The summed E-state index contributed by atoms with van der Waals surface area (Å²) in [7, 11) is 0. The van der Waals surface area contributed by atoms with Gasteiger partial charge in [0.2, 0.25) is 0 Å². The van der Waals surface area contributed by atoms with Crippen molar-refractivity contribution in [3.8, 4) is 11.5 Å². The van der Waals surface area contributed by atoms with Gasteiger partial charge >= 0.3 is 0 Å². The van der Waals surface area contributed by atoms with Crippen LogP contribution in [0.3, 0.4) is 0 Å². The van der Waals surface area contributed by atoms with Crippen LogP contribution in [0.5, 0.6) is 11.5 Å². The van der Waals surface area contributed by atoms with Crippen LogP contribution in [0.15, 0.2) is 36.4 Å². The van der Waals surface area contributed by atoms with Crippen molar-refractivity contribution in [1.82, 2.24) is 5.32 Å². The molecule has 0 saturated carbocycles. The summed E-state index contributed by atoms with van der Waals surface area (Å²) in [4.78, 5) is 0. The van der Waals surface area contributed by atoms with Gasteiger partial charge in [-0.3, -0.25) is 15.6 Å². The van der Waals surface area contributed by atoms with Crippen LogP contribution in [0.1, 0.15) is 6.92 Å². The first-order valence-electron chi connectivity index (χ1n) is 7.98. The first-order valence-corrected chi connectivity index (χ1v) is 7.98. The smallest absolute Gasteiger partial charge is 0.144 e. The fourth-order valence-electron chi connectivity index (χ4n) is 2.14. The van der Waals surface area contributed by atoms with Gasteiger partial charge in [0, 0.05) is 18.8 Å². The molecule has 2 rings (SSSR count). The van der Waals surface area contributed by atoms with Gasteiger partial charge in [-0.25, -0.2) is 0 Å². The topological polar surface area (TPSA) is 132 Å². The molecule has 2 aromatic rings. The molecule has 8 nitrogen and oxygen atoms in total. The molecule has 0 aliphatic carbocycles. The van der Waals surface area contributed by atoms with Crippen LogP contribution in [0, 0.1) is 0 Å². The molecule has 0 aliphatic heterocycles. The largest absolute Gasteiger partial charge is 0.490 e. The van der Waals surface area contributed by atoms with Crippen molar-refractivity contribution in [1.29, 1.82) is 0 Å². The molecule has 0 atom stereocenters. The van der Waals surface area contributed by atoms with Gasteiger partial charge in [0.05, 0.1) is 17.1 Å². The molecule has 0 heterocycles. The zero-order valence-corrected chi connectivity index (χ0v) is 14.2.